The van der Waals surface area contributed by atoms with Crippen molar-refractivity contribution in [3.05, 3.63) is 18.0 Å². The minimum Gasteiger partial charge on any atom is -0.394 e. The molecule has 11 heavy (non-hydrogen) atoms. The summed E-state index contributed by atoms with van der Waals surface area (Å²) in [6.45, 7) is -0.0585. The Morgan fingerprint density at radius 1 is 1.82 bits per heavy atom. The number of aromatic nitrogens is 2. The second-order valence-electron chi connectivity index (χ2n) is 2.20. The average Bonchev–Trinajstić information content (AvgIpc) is 2.34. The predicted molar refractivity (Wildman–Crippen MR) is 44.5 cm³/mol. The lowest BCUT2D eigenvalue weighted by atomic mass is 10.2. The standard InChI is InChI=1S/C6H11N3O.ClH/c1-9-3-2-6(8-9)5(7)4-10;/h2-3,5,10H,4,7H2,1H3;1H/t5-;/m0./s1. The molecule has 1 aromatic heterocycles. The Bertz CT molecular complexity index is 213. The first-order valence-corrected chi connectivity index (χ1v) is 3.10. The molecule has 0 bridgehead atoms. The fourth-order valence-corrected chi connectivity index (χ4v) is 0.724. The van der Waals surface area contributed by atoms with Crippen LogP contribution in [0.25, 0.3) is 0 Å². The van der Waals surface area contributed by atoms with Crippen LogP contribution in [0.5, 0.6) is 0 Å². The number of rotatable bonds is 2. The molecule has 0 aliphatic heterocycles. The van der Waals surface area contributed by atoms with Gasteiger partial charge in [-0.3, -0.25) is 4.68 Å². The molecule has 0 fully saturated rings. The second-order valence-corrected chi connectivity index (χ2v) is 2.20. The molecule has 3 N–H and O–H groups in total. The first-order valence-electron chi connectivity index (χ1n) is 3.10. The zero-order valence-corrected chi connectivity index (χ0v) is 7.08. The van der Waals surface area contributed by atoms with Crippen molar-refractivity contribution in [3.63, 3.8) is 0 Å². The molecule has 0 radical (unpaired) electrons. The van der Waals surface area contributed by atoms with E-state index < -0.39 is 0 Å². The van der Waals surface area contributed by atoms with E-state index in [2.05, 4.69) is 5.10 Å². The van der Waals surface area contributed by atoms with Gasteiger partial charge in [-0.2, -0.15) is 5.10 Å². The summed E-state index contributed by atoms with van der Waals surface area (Å²) < 4.78 is 1.66. The quantitative estimate of drug-likeness (QED) is 0.660. The summed E-state index contributed by atoms with van der Waals surface area (Å²) in [5, 5.41) is 12.6. The van der Waals surface area contributed by atoms with Gasteiger partial charge in [0, 0.05) is 13.2 Å². The highest BCUT2D eigenvalue weighted by atomic mass is 35.5. The third kappa shape index (κ3) is 2.49. The normalized spacial score (nSPS) is 12.3. The predicted octanol–water partition coefficient (Wildman–Crippen LogP) is -0.166. The van der Waals surface area contributed by atoms with E-state index in [1.54, 1.807) is 16.9 Å². The van der Waals surface area contributed by atoms with E-state index in [9.17, 15) is 0 Å². The summed E-state index contributed by atoms with van der Waals surface area (Å²) in [7, 11) is 1.81. The minimum absolute atomic E-state index is 0. The first-order chi connectivity index (χ1) is 4.74. The topological polar surface area (TPSA) is 64.1 Å². The Morgan fingerprint density at radius 3 is 2.82 bits per heavy atom. The van der Waals surface area contributed by atoms with Crippen LogP contribution in [-0.4, -0.2) is 21.5 Å². The van der Waals surface area contributed by atoms with Crippen molar-refractivity contribution in [1.29, 1.82) is 0 Å². The van der Waals surface area contributed by atoms with Crippen LogP contribution in [0.4, 0.5) is 0 Å². The maximum Gasteiger partial charge on any atom is 0.0815 e. The van der Waals surface area contributed by atoms with Gasteiger partial charge in [-0.05, 0) is 6.07 Å². The maximum atomic E-state index is 8.62. The summed E-state index contributed by atoms with van der Waals surface area (Å²) in [4.78, 5) is 0. The van der Waals surface area contributed by atoms with Crippen LogP contribution < -0.4 is 5.73 Å². The smallest absolute Gasteiger partial charge is 0.0815 e. The molecule has 0 saturated carbocycles. The van der Waals surface area contributed by atoms with Crippen LogP contribution in [0.3, 0.4) is 0 Å². The van der Waals surface area contributed by atoms with Crippen LogP contribution in [-0.2, 0) is 7.05 Å². The van der Waals surface area contributed by atoms with E-state index in [-0.39, 0.29) is 25.1 Å². The molecule has 0 saturated heterocycles. The molecular formula is C6H12ClN3O. The number of nitrogens with zero attached hydrogens (tertiary/aromatic N) is 2. The third-order valence-corrected chi connectivity index (χ3v) is 1.31. The Kier molecular flexibility index (Phi) is 4.10. The molecular weight excluding hydrogens is 166 g/mol. The number of aryl methyl sites for hydroxylation is 1. The zero-order valence-electron chi connectivity index (χ0n) is 6.27. The molecule has 0 amide bonds. The van der Waals surface area contributed by atoms with Crippen molar-refractivity contribution >= 4 is 12.4 Å². The molecule has 1 aromatic rings. The molecule has 0 aromatic carbocycles. The molecule has 0 aliphatic rings. The van der Waals surface area contributed by atoms with Crippen LogP contribution in [0.1, 0.15) is 11.7 Å². The van der Waals surface area contributed by atoms with Crippen molar-refractivity contribution in [2.75, 3.05) is 6.61 Å². The van der Waals surface area contributed by atoms with Gasteiger partial charge in [-0.15, -0.1) is 12.4 Å². The van der Waals surface area contributed by atoms with E-state index >= 15 is 0 Å². The summed E-state index contributed by atoms with van der Waals surface area (Å²) in [5.41, 5.74) is 6.21. The van der Waals surface area contributed by atoms with E-state index in [1.807, 2.05) is 7.05 Å². The first kappa shape index (κ1) is 10.4. The summed E-state index contributed by atoms with van der Waals surface area (Å²) >= 11 is 0. The minimum atomic E-state index is -0.346. The molecule has 64 valence electrons. The molecule has 5 heteroatoms. The summed E-state index contributed by atoms with van der Waals surface area (Å²) in [6.07, 6.45) is 1.80. The molecule has 0 spiro atoms. The van der Waals surface area contributed by atoms with Gasteiger partial charge in [0.2, 0.25) is 0 Å². The Balaban J connectivity index is 0.000001000. The Labute approximate surface area is 71.4 Å². The SMILES string of the molecule is Cl.Cn1ccc([C@@H](N)CO)n1. The number of halogens is 1. The van der Waals surface area contributed by atoms with Gasteiger partial charge >= 0.3 is 0 Å². The van der Waals surface area contributed by atoms with Gasteiger partial charge < -0.3 is 10.8 Å². The van der Waals surface area contributed by atoms with Gasteiger partial charge in [0.05, 0.1) is 18.3 Å². The molecule has 4 nitrogen and oxygen atoms in total. The van der Waals surface area contributed by atoms with E-state index in [4.69, 9.17) is 10.8 Å². The van der Waals surface area contributed by atoms with Crippen molar-refractivity contribution in [3.8, 4) is 0 Å². The second kappa shape index (κ2) is 4.33. The van der Waals surface area contributed by atoms with Gasteiger partial charge in [0.15, 0.2) is 0 Å². The largest absolute Gasteiger partial charge is 0.394 e. The Hall–Kier alpha value is -0.580. The molecule has 1 heterocycles. The van der Waals surface area contributed by atoms with Gasteiger partial charge in [-0.25, -0.2) is 0 Å². The molecule has 0 unspecified atom stereocenters. The molecule has 1 rings (SSSR count). The lowest BCUT2D eigenvalue weighted by Crippen LogP contribution is -2.15. The van der Waals surface area contributed by atoms with Crippen molar-refractivity contribution in [2.45, 2.75) is 6.04 Å². The number of aliphatic hydroxyl groups excluding tert-OH is 1. The fourth-order valence-electron chi connectivity index (χ4n) is 0.724. The number of aliphatic hydroxyl groups is 1. The summed E-state index contributed by atoms with van der Waals surface area (Å²) in [5.74, 6) is 0. The highest BCUT2D eigenvalue weighted by Crippen LogP contribution is 2.03. The van der Waals surface area contributed by atoms with Crippen LogP contribution in [0.15, 0.2) is 12.3 Å². The fraction of sp³-hybridized carbons (Fsp3) is 0.500. The molecule has 1 atom stereocenters. The van der Waals surface area contributed by atoms with E-state index in [0.717, 1.165) is 5.69 Å². The van der Waals surface area contributed by atoms with Crippen LogP contribution in [0.2, 0.25) is 0 Å². The highest BCUT2D eigenvalue weighted by Gasteiger charge is 2.05. The number of nitrogens with two attached hydrogens (primary N) is 1. The van der Waals surface area contributed by atoms with Crippen LogP contribution in [0, 0.1) is 0 Å². The van der Waals surface area contributed by atoms with Crippen molar-refractivity contribution in [2.24, 2.45) is 12.8 Å². The maximum absolute atomic E-state index is 8.62. The number of hydrogen-bond donors (Lipinski definition) is 2. The summed E-state index contributed by atoms with van der Waals surface area (Å²) in [6, 6.07) is 1.45. The average molecular weight is 178 g/mol. The monoisotopic (exact) mass is 177 g/mol. The third-order valence-electron chi connectivity index (χ3n) is 1.31. The lowest BCUT2D eigenvalue weighted by Gasteiger charge is -2.01. The van der Waals surface area contributed by atoms with Gasteiger partial charge in [0.1, 0.15) is 0 Å². The van der Waals surface area contributed by atoms with Crippen molar-refractivity contribution < 1.29 is 5.11 Å². The van der Waals surface area contributed by atoms with Gasteiger partial charge in [-0.1, -0.05) is 0 Å². The Morgan fingerprint density at radius 2 is 2.45 bits per heavy atom. The van der Waals surface area contributed by atoms with E-state index in [0.29, 0.717) is 0 Å². The van der Waals surface area contributed by atoms with Crippen LogP contribution >= 0.6 is 12.4 Å². The molecule has 0 aliphatic carbocycles. The highest BCUT2D eigenvalue weighted by molar-refractivity contribution is 5.85. The van der Waals surface area contributed by atoms with Gasteiger partial charge in [0.25, 0.3) is 0 Å². The number of hydrogen-bond acceptors (Lipinski definition) is 3. The zero-order chi connectivity index (χ0) is 7.56. The van der Waals surface area contributed by atoms with Crippen molar-refractivity contribution in [1.82, 2.24) is 9.78 Å². The lowest BCUT2D eigenvalue weighted by molar-refractivity contribution is 0.265. The van der Waals surface area contributed by atoms with E-state index in [1.165, 1.54) is 0 Å².